The number of hydrogen-bond acceptors (Lipinski definition) is 5. The van der Waals surface area contributed by atoms with E-state index in [4.69, 9.17) is 5.90 Å². The number of azo groups is 1. The van der Waals surface area contributed by atoms with Gasteiger partial charge in [-0.15, -0.1) is 0 Å². The molecule has 1 aliphatic rings. The summed E-state index contributed by atoms with van der Waals surface area (Å²) in [5.41, 5.74) is 2.66. The number of nitrogens with two attached hydrogens (primary N) is 1. The molecule has 0 radical (unpaired) electrons. The standard InChI is InChI=1S/C23H33N3O2/c24-28-19-11-6-4-2-1-3-5-10-14-23(27)20-15-17-22(18-16-20)26-25-21-12-8-7-9-13-21/h7-9,12-13,15,17-18,27H,1-6,10-11,14,16,19,24H2. The Labute approximate surface area is 168 Å². The number of rotatable bonds is 13. The fraction of sp³-hybridized carbons (Fsp3) is 0.478. The largest absolute Gasteiger partial charge is 0.512 e. The first-order valence-corrected chi connectivity index (χ1v) is 10.4. The number of allylic oxidation sites excluding steroid dienone is 5. The van der Waals surface area contributed by atoms with Gasteiger partial charge in [0.15, 0.2) is 0 Å². The molecule has 0 bridgehead atoms. The maximum Gasteiger partial charge on any atom is 0.0957 e. The predicted molar refractivity (Wildman–Crippen MR) is 114 cm³/mol. The molecule has 0 saturated carbocycles. The van der Waals surface area contributed by atoms with Gasteiger partial charge < -0.3 is 9.94 Å². The third kappa shape index (κ3) is 9.11. The second-order valence-electron chi connectivity index (χ2n) is 7.12. The zero-order valence-electron chi connectivity index (χ0n) is 16.7. The van der Waals surface area contributed by atoms with Crippen molar-refractivity contribution < 1.29 is 9.94 Å². The first-order chi connectivity index (χ1) is 13.8. The van der Waals surface area contributed by atoms with Gasteiger partial charge in [-0.25, -0.2) is 5.90 Å². The van der Waals surface area contributed by atoms with Crippen LogP contribution in [0, 0.1) is 0 Å². The van der Waals surface area contributed by atoms with E-state index in [2.05, 4.69) is 15.1 Å². The lowest BCUT2D eigenvalue weighted by molar-refractivity contribution is 0.133. The third-order valence-corrected chi connectivity index (χ3v) is 4.82. The molecule has 1 aliphatic carbocycles. The van der Waals surface area contributed by atoms with Crippen molar-refractivity contribution in [2.45, 2.75) is 64.2 Å². The van der Waals surface area contributed by atoms with Crippen LogP contribution in [0.25, 0.3) is 0 Å². The molecule has 0 amide bonds. The van der Waals surface area contributed by atoms with Gasteiger partial charge in [-0.2, -0.15) is 10.2 Å². The molecule has 0 atom stereocenters. The Morgan fingerprint density at radius 1 is 0.893 bits per heavy atom. The number of hydrogen-bond donors (Lipinski definition) is 2. The summed E-state index contributed by atoms with van der Waals surface area (Å²) < 4.78 is 0. The van der Waals surface area contributed by atoms with E-state index in [1.165, 1.54) is 38.5 Å². The summed E-state index contributed by atoms with van der Waals surface area (Å²) in [4.78, 5) is 4.56. The lowest BCUT2D eigenvalue weighted by Crippen LogP contribution is -2.00. The van der Waals surface area contributed by atoms with Gasteiger partial charge in [-0.05, 0) is 43.0 Å². The van der Waals surface area contributed by atoms with Crippen molar-refractivity contribution in [1.82, 2.24) is 0 Å². The van der Waals surface area contributed by atoms with Crippen LogP contribution in [-0.4, -0.2) is 11.7 Å². The van der Waals surface area contributed by atoms with Crippen molar-refractivity contribution in [3.63, 3.8) is 0 Å². The van der Waals surface area contributed by atoms with Crippen LogP contribution < -0.4 is 5.90 Å². The molecule has 0 spiro atoms. The topological polar surface area (TPSA) is 80.2 Å². The Hall–Kier alpha value is -2.24. The third-order valence-electron chi connectivity index (χ3n) is 4.82. The van der Waals surface area contributed by atoms with Crippen LogP contribution in [0.15, 0.2) is 75.8 Å². The average Bonchev–Trinajstić information content (AvgIpc) is 2.74. The molecule has 1 aromatic rings. The Morgan fingerprint density at radius 2 is 1.57 bits per heavy atom. The van der Waals surface area contributed by atoms with Crippen LogP contribution in [0.2, 0.25) is 0 Å². The Morgan fingerprint density at radius 3 is 2.21 bits per heavy atom. The number of unbranched alkanes of at least 4 members (excludes halogenated alkanes) is 7. The quantitative estimate of drug-likeness (QED) is 0.170. The molecule has 0 aliphatic heterocycles. The van der Waals surface area contributed by atoms with Crippen molar-refractivity contribution in [3.8, 4) is 0 Å². The molecule has 5 heteroatoms. The summed E-state index contributed by atoms with van der Waals surface area (Å²) in [6, 6.07) is 9.68. The lowest BCUT2D eigenvalue weighted by atomic mass is 10.0. The smallest absolute Gasteiger partial charge is 0.0957 e. The van der Waals surface area contributed by atoms with E-state index in [-0.39, 0.29) is 0 Å². The Kier molecular flexibility index (Phi) is 10.9. The van der Waals surface area contributed by atoms with Crippen LogP contribution in [0.1, 0.15) is 64.2 Å². The van der Waals surface area contributed by atoms with E-state index in [1.54, 1.807) is 0 Å². The first kappa shape index (κ1) is 22.1. The second-order valence-corrected chi connectivity index (χ2v) is 7.12. The minimum Gasteiger partial charge on any atom is -0.512 e. The van der Waals surface area contributed by atoms with Gasteiger partial charge >= 0.3 is 0 Å². The summed E-state index contributed by atoms with van der Waals surface area (Å²) in [5, 5.41) is 18.8. The molecule has 152 valence electrons. The second kappa shape index (κ2) is 13.9. The van der Waals surface area contributed by atoms with Gasteiger partial charge in [0.2, 0.25) is 0 Å². The van der Waals surface area contributed by atoms with Crippen LogP contribution in [0.4, 0.5) is 5.69 Å². The minimum atomic E-state index is 0.508. The summed E-state index contributed by atoms with van der Waals surface area (Å²) in [5.74, 6) is 5.51. The predicted octanol–water partition coefficient (Wildman–Crippen LogP) is 6.83. The van der Waals surface area contributed by atoms with Gasteiger partial charge in [0.25, 0.3) is 0 Å². The number of aliphatic hydroxyl groups excluding tert-OH is 1. The van der Waals surface area contributed by atoms with E-state index < -0.39 is 0 Å². The van der Waals surface area contributed by atoms with Crippen LogP contribution in [0.5, 0.6) is 0 Å². The SMILES string of the molecule is NOCCCCCCCCCCC(O)=C1C=CC(N=Nc2ccccc2)=CC1. The van der Waals surface area contributed by atoms with E-state index in [1.807, 2.05) is 48.6 Å². The monoisotopic (exact) mass is 383 g/mol. The average molecular weight is 384 g/mol. The number of nitrogens with zero attached hydrogens (tertiary/aromatic N) is 2. The van der Waals surface area contributed by atoms with Gasteiger partial charge in [-0.3, -0.25) is 0 Å². The molecule has 2 rings (SSSR count). The molecule has 3 N–H and O–H groups in total. The fourth-order valence-corrected chi connectivity index (χ4v) is 3.13. The molecule has 28 heavy (non-hydrogen) atoms. The van der Waals surface area contributed by atoms with Crippen molar-refractivity contribution in [2.75, 3.05) is 6.61 Å². The maximum atomic E-state index is 10.3. The zero-order valence-corrected chi connectivity index (χ0v) is 16.7. The minimum absolute atomic E-state index is 0.508. The van der Waals surface area contributed by atoms with E-state index in [0.717, 1.165) is 36.2 Å². The van der Waals surface area contributed by atoms with Crippen molar-refractivity contribution in [3.05, 3.63) is 65.6 Å². The molecule has 0 fully saturated rings. The molecule has 1 aromatic carbocycles. The van der Waals surface area contributed by atoms with Gasteiger partial charge in [-0.1, -0.05) is 68.9 Å². The first-order valence-electron chi connectivity index (χ1n) is 10.4. The highest BCUT2D eigenvalue weighted by Crippen LogP contribution is 2.23. The van der Waals surface area contributed by atoms with E-state index >= 15 is 0 Å². The van der Waals surface area contributed by atoms with Crippen molar-refractivity contribution in [2.24, 2.45) is 16.1 Å². The number of benzene rings is 1. The maximum absolute atomic E-state index is 10.3. The highest BCUT2D eigenvalue weighted by molar-refractivity contribution is 5.38. The Bertz CT molecular complexity index is 678. The molecule has 0 unspecified atom stereocenters. The summed E-state index contributed by atoms with van der Waals surface area (Å²) >= 11 is 0. The number of aliphatic hydroxyl groups is 1. The van der Waals surface area contributed by atoms with Crippen LogP contribution >= 0.6 is 0 Å². The molecular weight excluding hydrogens is 350 g/mol. The van der Waals surface area contributed by atoms with E-state index in [0.29, 0.717) is 18.8 Å². The normalized spacial score (nSPS) is 15.8. The molecular formula is C23H33N3O2. The highest BCUT2D eigenvalue weighted by Gasteiger charge is 2.06. The fourth-order valence-electron chi connectivity index (χ4n) is 3.13. The van der Waals surface area contributed by atoms with Crippen molar-refractivity contribution >= 4 is 5.69 Å². The van der Waals surface area contributed by atoms with E-state index in [9.17, 15) is 5.11 Å². The zero-order chi connectivity index (χ0) is 19.9. The van der Waals surface area contributed by atoms with Gasteiger partial charge in [0, 0.05) is 6.42 Å². The Balaban J connectivity index is 1.60. The van der Waals surface area contributed by atoms with Gasteiger partial charge in [0.1, 0.15) is 0 Å². The van der Waals surface area contributed by atoms with Crippen LogP contribution in [-0.2, 0) is 4.84 Å². The summed E-state index contributed by atoms with van der Waals surface area (Å²) in [6.07, 6.45) is 16.8. The van der Waals surface area contributed by atoms with Gasteiger partial charge in [0.05, 0.1) is 23.8 Å². The molecule has 5 nitrogen and oxygen atoms in total. The summed E-state index contributed by atoms with van der Waals surface area (Å²) in [7, 11) is 0. The summed E-state index contributed by atoms with van der Waals surface area (Å²) in [6.45, 7) is 0.662. The molecule has 0 aromatic heterocycles. The molecule has 0 heterocycles. The lowest BCUT2D eigenvalue weighted by Gasteiger charge is -2.09. The van der Waals surface area contributed by atoms with Crippen LogP contribution in [0.3, 0.4) is 0 Å². The molecule has 0 saturated heterocycles. The highest BCUT2D eigenvalue weighted by atomic mass is 16.6. The van der Waals surface area contributed by atoms with Crippen molar-refractivity contribution in [1.29, 1.82) is 0 Å².